The molecule has 5 nitrogen and oxygen atoms in total. The van der Waals surface area contributed by atoms with Crippen molar-refractivity contribution in [2.24, 2.45) is 5.92 Å². The second-order valence-corrected chi connectivity index (χ2v) is 5.31. The van der Waals surface area contributed by atoms with Crippen molar-refractivity contribution in [2.45, 2.75) is 39.3 Å². The molecule has 1 rings (SSSR count). The average molecular weight is 258 g/mol. The molecule has 2 N–H and O–H groups in total. The van der Waals surface area contributed by atoms with Crippen molar-refractivity contribution in [1.82, 2.24) is 10.2 Å². The van der Waals surface area contributed by atoms with E-state index < -0.39 is 12.0 Å². The van der Waals surface area contributed by atoms with E-state index in [-0.39, 0.29) is 6.10 Å². The summed E-state index contributed by atoms with van der Waals surface area (Å²) < 4.78 is 5.65. The fourth-order valence-corrected chi connectivity index (χ4v) is 2.21. The molecule has 5 heteroatoms. The Morgan fingerprint density at radius 2 is 2.28 bits per heavy atom. The van der Waals surface area contributed by atoms with Crippen LogP contribution in [-0.4, -0.2) is 60.9 Å². The molecule has 18 heavy (non-hydrogen) atoms. The fourth-order valence-electron chi connectivity index (χ4n) is 2.21. The number of morpholine rings is 1. The summed E-state index contributed by atoms with van der Waals surface area (Å²) in [7, 11) is 0. The lowest BCUT2D eigenvalue weighted by atomic mass is 10.0. The van der Waals surface area contributed by atoms with Crippen LogP contribution in [0.15, 0.2) is 0 Å². The van der Waals surface area contributed by atoms with Gasteiger partial charge in [-0.1, -0.05) is 20.8 Å². The molecule has 1 heterocycles. The summed E-state index contributed by atoms with van der Waals surface area (Å²) in [5, 5.41) is 12.2. The van der Waals surface area contributed by atoms with Crippen LogP contribution in [0.2, 0.25) is 0 Å². The van der Waals surface area contributed by atoms with E-state index in [1.54, 1.807) is 0 Å². The summed E-state index contributed by atoms with van der Waals surface area (Å²) in [6.07, 6.45) is 0.757. The Bertz CT molecular complexity index is 259. The van der Waals surface area contributed by atoms with Crippen molar-refractivity contribution in [3.05, 3.63) is 0 Å². The maximum Gasteiger partial charge on any atom is 0.320 e. The van der Waals surface area contributed by atoms with Crippen molar-refractivity contribution in [1.29, 1.82) is 0 Å². The first-order chi connectivity index (χ1) is 8.52. The lowest BCUT2D eigenvalue weighted by Gasteiger charge is -2.32. The number of aliphatic carboxylic acids is 1. The van der Waals surface area contributed by atoms with E-state index in [2.05, 4.69) is 17.1 Å². The molecule has 0 bridgehead atoms. The zero-order valence-electron chi connectivity index (χ0n) is 11.7. The Labute approximate surface area is 109 Å². The predicted octanol–water partition coefficient (Wildman–Crippen LogP) is 0.796. The fraction of sp³-hybridized carbons (Fsp3) is 0.923. The molecular weight excluding hydrogens is 232 g/mol. The summed E-state index contributed by atoms with van der Waals surface area (Å²) in [5.74, 6) is -0.398. The first kappa shape index (κ1) is 15.4. The molecule has 1 saturated heterocycles. The van der Waals surface area contributed by atoms with Gasteiger partial charge < -0.3 is 15.2 Å². The molecule has 1 aliphatic rings. The zero-order valence-corrected chi connectivity index (χ0v) is 11.7. The van der Waals surface area contributed by atoms with Gasteiger partial charge in [-0.25, -0.2) is 0 Å². The highest BCUT2D eigenvalue weighted by atomic mass is 16.5. The van der Waals surface area contributed by atoms with Crippen molar-refractivity contribution in [3.8, 4) is 0 Å². The largest absolute Gasteiger partial charge is 0.480 e. The third-order valence-electron chi connectivity index (χ3n) is 3.27. The van der Waals surface area contributed by atoms with Crippen molar-refractivity contribution >= 4 is 5.97 Å². The molecule has 2 unspecified atom stereocenters. The second kappa shape index (κ2) is 7.71. The lowest BCUT2D eigenvalue weighted by molar-refractivity contribution is -0.140. The molecule has 0 amide bonds. The summed E-state index contributed by atoms with van der Waals surface area (Å²) in [4.78, 5) is 13.4. The van der Waals surface area contributed by atoms with E-state index in [4.69, 9.17) is 9.84 Å². The van der Waals surface area contributed by atoms with E-state index in [1.165, 1.54) is 0 Å². The molecule has 2 atom stereocenters. The summed E-state index contributed by atoms with van der Waals surface area (Å²) in [5.41, 5.74) is 0. The first-order valence-electron chi connectivity index (χ1n) is 6.83. The molecule has 1 aliphatic heterocycles. The van der Waals surface area contributed by atoms with E-state index in [9.17, 15) is 4.79 Å². The highest BCUT2D eigenvalue weighted by molar-refractivity contribution is 5.73. The topological polar surface area (TPSA) is 61.8 Å². The molecule has 0 aromatic heterocycles. The van der Waals surface area contributed by atoms with Gasteiger partial charge in [0.2, 0.25) is 0 Å². The summed E-state index contributed by atoms with van der Waals surface area (Å²) in [6.45, 7) is 10.4. The van der Waals surface area contributed by atoms with Gasteiger partial charge in [0.05, 0.1) is 12.7 Å². The van der Waals surface area contributed by atoms with Crippen molar-refractivity contribution < 1.29 is 14.6 Å². The summed E-state index contributed by atoms with van der Waals surface area (Å²) in [6, 6.07) is -0.467. The SMILES string of the molecule is CCN1CCOC(CNC(CC(C)C)C(=O)O)C1. The van der Waals surface area contributed by atoms with Crippen LogP contribution >= 0.6 is 0 Å². The number of carbonyl (C=O) groups is 1. The highest BCUT2D eigenvalue weighted by Crippen LogP contribution is 2.07. The number of likely N-dealkylation sites (N-methyl/N-ethyl adjacent to an activating group) is 1. The molecule has 0 saturated carbocycles. The Morgan fingerprint density at radius 3 is 2.83 bits per heavy atom. The van der Waals surface area contributed by atoms with E-state index in [1.807, 2.05) is 13.8 Å². The molecule has 0 aromatic carbocycles. The Hall–Kier alpha value is -0.650. The van der Waals surface area contributed by atoms with Crippen LogP contribution in [0.3, 0.4) is 0 Å². The van der Waals surface area contributed by atoms with Crippen LogP contribution in [0.25, 0.3) is 0 Å². The van der Waals surface area contributed by atoms with Gasteiger partial charge in [-0.2, -0.15) is 0 Å². The number of nitrogens with zero attached hydrogens (tertiary/aromatic N) is 1. The number of hydrogen-bond acceptors (Lipinski definition) is 4. The maximum absolute atomic E-state index is 11.1. The van der Waals surface area contributed by atoms with Gasteiger partial charge in [-0.15, -0.1) is 0 Å². The lowest BCUT2D eigenvalue weighted by Crippen LogP contribution is -2.49. The van der Waals surface area contributed by atoms with Crippen LogP contribution in [0.1, 0.15) is 27.2 Å². The van der Waals surface area contributed by atoms with E-state index in [0.717, 1.165) is 26.2 Å². The molecule has 0 spiro atoms. The Morgan fingerprint density at radius 1 is 1.56 bits per heavy atom. The monoisotopic (exact) mass is 258 g/mol. The van der Waals surface area contributed by atoms with Gasteiger partial charge in [0, 0.05) is 19.6 Å². The minimum atomic E-state index is -0.771. The predicted molar refractivity (Wildman–Crippen MR) is 70.7 cm³/mol. The van der Waals surface area contributed by atoms with E-state index >= 15 is 0 Å². The second-order valence-electron chi connectivity index (χ2n) is 5.31. The van der Waals surface area contributed by atoms with Crippen molar-refractivity contribution in [2.75, 3.05) is 32.8 Å². The Balaban J connectivity index is 2.34. The molecule has 0 radical (unpaired) electrons. The van der Waals surface area contributed by atoms with Crippen LogP contribution in [0, 0.1) is 5.92 Å². The zero-order chi connectivity index (χ0) is 13.5. The van der Waals surface area contributed by atoms with Crippen LogP contribution in [0.4, 0.5) is 0 Å². The molecule has 106 valence electrons. The van der Waals surface area contributed by atoms with Gasteiger partial charge in [0.1, 0.15) is 6.04 Å². The third kappa shape index (κ3) is 5.33. The number of rotatable bonds is 7. The van der Waals surface area contributed by atoms with Crippen LogP contribution < -0.4 is 5.32 Å². The third-order valence-corrected chi connectivity index (χ3v) is 3.27. The summed E-state index contributed by atoms with van der Waals surface area (Å²) >= 11 is 0. The van der Waals surface area contributed by atoms with Gasteiger partial charge in [0.15, 0.2) is 0 Å². The van der Waals surface area contributed by atoms with Crippen LogP contribution in [0.5, 0.6) is 0 Å². The van der Waals surface area contributed by atoms with Gasteiger partial charge in [-0.3, -0.25) is 9.69 Å². The number of ether oxygens (including phenoxy) is 1. The normalized spacial score (nSPS) is 23.2. The number of carboxylic acids is 1. The average Bonchev–Trinajstić information content (AvgIpc) is 2.34. The van der Waals surface area contributed by atoms with Gasteiger partial charge >= 0.3 is 5.97 Å². The molecule has 0 aromatic rings. The van der Waals surface area contributed by atoms with Crippen molar-refractivity contribution in [3.63, 3.8) is 0 Å². The molecule has 0 aliphatic carbocycles. The van der Waals surface area contributed by atoms with E-state index in [0.29, 0.717) is 18.9 Å². The highest BCUT2D eigenvalue weighted by Gasteiger charge is 2.23. The van der Waals surface area contributed by atoms with Crippen LogP contribution in [-0.2, 0) is 9.53 Å². The number of nitrogens with one attached hydrogen (secondary N) is 1. The van der Waals surface area contributed by atoms with Gasteiger partial charge in [-0.05, 0) is 18.9 Å². The molecule has 1 fully saturated rings. The quantitative estimate of drug-likeness (QED) is 0.707. The smallest absolute Gasteiger partial charge is 0.320 e. The Kier molecular flexibility index (Phi) is 6.60. The van der Waals surface area contributed by atoms with Gasteiger partial charge in [0.25, 0.3) is 0 Å². The molecular formula is C13H26N2O3. The maximum atomic E-state index is 11.1. The minimum Gasteiger partial charge on any atom is -0.480 e. The minimum absolute atomic E-state index is 0.104. The first-order valence-corrected chi connectivity index (χ1v) is 6.83. The standard InChI is InChI=1S/C13H26N2O3/c1-4-15-5-6-18-11(9-15)8-14-12(13(16)17)7-10(2)3/h10-12,14H,4-9H2,1-3H3,(H,16,17). The number of hydrogen-bond donors (Lipinski definition) is 2. The number of carboxylic acid groups (broad SMARTS) is 1.